The summed E-state index contributed by atoms with van der Waals surface area (Å²) in [7, 11) is 0. The lowest BCUT2D eigenvalue weighted by atomic mass is 9.91. The van der Waals surface area contributed by atoms with Gasteiger partial charge in [0.2, 0.25) is 5.91 Å². The molecule has 1 unspecified atom stereocenters. The summed E-state index contributed by atoms with van der Waals surface area (Å²) in [6.07, 6.45) is -0.363. The molecule has 0 aromatic heterocycles. The molecule has 1 aliphatic heterocycles. The van der Waals surface area contributed by atoms with E-state index in [4.69, 9.17) is 4.74 Å². The highest BCUT2D eigenvalue weighted by molar-refractivity contribution is 5.87. The minimum atomic E-state index is -0.625. The molecule has 1 atom stereocenters. The van der Waals surface area contributed by atoms with Crippen LogP contribution in [0, 0.1) is 12.3 Å². The number of anilines is 1. The van der Waals surface area contributed by atoms with Gasteiger partial charge in [-0.25, -0.2) is 0 Å². The third-order valence-electron chi connectivity index (χ3n) is 4.22. The highest BCUT2D eigenvalue weighted by Gasteiger charge is 2.48. The van der Waals surface area contributed by atoms with Gasteiger partial charge < -0.3 is 4.74 Å². The van der Waals surface area contributed by atoms with Crippen LogP contribution in [0.1, 0.15) is 25.0 Å². The number of rotatable bonds is 4. The summed E-state index contributed by atoms with van der Waals surface area (Å²) in [6, 6.07) is 18.0. The molecule has 0 aliphatic carbocycles. The van der Waals surface area contributed by atoms with Gasteiger partial charge in [-0.2, -0.15) is 0 Å². The molecule has 1 fully saturated rings. The third-order valence-corrected chi connectivity index (χ3v) is 4.22. The molecule has 0 spiro atoms. The first-order valence-corrected chi connectivity index (χ1v) is 7.81. The first kappa shape index (κ1) is 15.6. The Morgan fingerprint density at radius 1 is 1.09 bits per heavy atom. The van der Waals surface area contributed by atoms with Gasteiger partial charge in [0, 0.05) is 0 Å². The summed E-state index contributed by atoms with van der Waals surface area (Å²) in [5.74, 6) is -0.0314. The zero-order chi connectivity index (χ0) is 16.4. The molecular formula is C19H22N2O2. The normalized spacial score (nSPS) is 19.7. The van der Waals surface area contributed by atoms with Gasteiger partial charge in [-0.05, 0) is 38.5 Å². The lowest BCUT2D eigenvalue weighted by Crippen LogP contribution is -2.42. The van der Waals surface area contributed by atoms with E-state index in [9.17, 15) is 4.79 Å². The van der Waals surface area contributed by atoms with Gasteiger partial charge in [0.15, 0.2) is 6.23 Å². The highest BCUT2D eigenvalue weighted by atomic mass is 16.5. The van der Waals surface area contributed by atoms with Crippen LogP contribution in [0.25, 0.3) is 0 Å². The molecule has 120 valence electrons. The fourth-order valence-corrected chi connectivity index (χ4v) is 2.68. The molecule has 4 heteroatoms. The van der Waals surface area contributed by atoms with Crippen molar-refractivity contribution in [1.82, 2.24) is 5.43 Å². The number of carbonyl (C=O) groups excluding carboxylic acids is 1. The summed E-state index contributed by atoms with van der Waals surface area (Å²) in [5.41, 5.74) is 5.50. The Labute approximate surface area is 137 Å². The van der Waals surface area contributed by atoms with Crippen LogP contribution in [-0.2, 0) is 16.1 Å². The van der Waals surface area contributed by atoms with Crippen molar-refractivity contribution in [3.8, 4) is 0 Å². The minimum Gasteiger partial charge on any atom is -0.351 e. The van der Waals surface area contributed by atoms with Crippen LogP contribution in [0.15, 0.2) is 54.6 Å². The Hall–Kier alpha value is -2.33. The standard InChI is InChI=1S/C19H22N2O2/c1-14-9-11-16(12-10-14)21-18(19(2,3)17(22)20-21)23-13-15-7-5-4-6-8-15/h4-12,18H,13H2,1-3H3,(H,20,22). The first-order chi connectivity index (χ1) is 11.0. The summed E-state index contributed by atoms with van der Waals surface area (Å²) in [4.78, 5) is 12.3. The molecule has 1 saturated heterocycles. The molecule has 2 aromatic carbocycles. The Morgan fingerprint density at radius 2 is 1.74 bits per heavy atom. The maximum absolute atomic E-state index is 12.3. The van der Waals surface area contributed by atoms with E-state index in [0.717, 1.165) is 11.3 Å². The van der Waals surface area contributed by atoms with Gasteiger partial charge >= 0.3 is 0 Å². The molecule has 0 radical (unpaired) electrons. The summed E-state index contributed by atoms with van der Waals surface area (Å²) >= 11 is 0. The van der Waals surface area contributed by atoms with Crippen LogP contribution in [0.2, 0.25) is 0 Å². The molecule has 2 aromatic rings. The van der Waals surface area contributed by atoms with Crippen molar-refractivity contribution in [2.45, 2.75) is 33.6 Å². The van der Waals surface area contributed by atoms with E-state index in [2.05, 4.69) is 5.43 Å². The van der Waals surface area contributed by atoms with Crippen LogP contribution in [0.3, 0.4) is 0 Å². The number of hydrogen-bond donors (Lipinski definition) is 1. The zero-order valence-electron chi connectivity index (χ0n) is 13.7. The molecule has 1 heterocycles. The quantitative estimate of drug-likeness (QED) is 0.941. The largest absolute Gasteiger partial charge is 0.351 e. The van der Waals surface area contributed by atoms with Crippen molar-refractivity contribution in [2.75, 3.05) is 5.01 Å². The lowest BCUT2D eigenvalue weighted by Gasteiger charge is -2.30. The third kappa shape index (κ3) is 3.08. The molecule has 1 amide bonds. The van der Waals surface area contributed by atoms with Crippen LogP contribution >= 0.6 is 0 Å². The molecular weight excluding hydrogens is 288 g/mol. The second kappa shape index (κ2) is 6.05. The Bertz CT molecular complexity index is 680. The number of nitrogens with zero attached hydrogens (tertiary/aromatic N) is 1. The predicted molar refractivity (Wildman–Crippen MR) is 90.6 cm³/mol. The topological polar surface area (TPSA) is 41.6 Å². The number of amides is 1. The minimum absolute atomic E-state index is 0.0314. The van der Waals surface area contributed by atoms with Gasteiger partial charge in [-0.15, -0.1) is 0 Å². The van der Waals surface area contributed by atoms with Crippen LogP contribution in [-0.4, -0.2) is 12.1 Å². The molecule has 1 aliphatic rings. The van der Waals surface area contributed by atoms with Crippen molar-refractivity contribution < 1.29 is 9.53 Å². The van der Waals surface area contributed by atoms with Gasteiger partial charge in [0.25, 0.3) is 0 Å². The van der Waals surface area contributed by atoms with Crippen LogP contribution in [0.5, 0.6) is 0 Å². The van der Waals surface area contributed by atoms with E-state index in [-0.39, 0.29) is 12.1 Å². The van der Waals surface area contributed by atoms with E-state index in [1.54, 1.807) is 0 Å². The molecule has 3 rings (SSSR count). The lowest BCUT2D eigenvalue weighted by molar-refractivity contribution is -0.130. The van der Waals surface area contributed by atoms with Gasteiger partial charge in [0.05, 0.1) is 17.7 Å². The first-order valence-electron chi connectivity index (χ1n) is 7.81. The monoisotopic (exact) mass is 310 g/mol. The van der Waals surface area contributed by atoms with E-state index in [1.165, 1.54) is 5.56 Å². The maximum atomic E-state index is 12.3. The molecule has 0 bridgehead atoms. The predicted octanol–water partition coefficient (Wildman–Crippen LogP) is 3.42. The average Bonchev–Trinajstić information content (AvgIpc) is 2.77. The number of carbonyl (C=O) groups is 1. The SMILES string of the molecule is Cc1ccc(N2NC(=O)C(C)(C)C2OCc2ccccc2)cc1. The maximum Gasteiger partial charge on any atom is 0.248 e. The van der Waals surface area contributed by atoms with Crippen molar-refractivity contribution in [3.63, 3.8) is 0 Å². The van der Waals surface area contributed by atoms with E-state index in [0.29, 0.717) is 6.61 Å². The molecule has 23 heavy (non-hydrogen) atoms. The summed E-state index contributed by atoms with van der Waals surface area (Å²) in [5, 5.41) is 1.82. The Balaban J connectivity index is 1.83. The number of hydrazine groups is 1. The van der Waals surface area contributed by atoms with Gasteiger partial charge in [-0.3, -0.25) is 15.2 Å². The summed E-state index contributed by atoms with van der Waals surface area (Å²) < 4.78 is 6.11. The van der Waals surface area contributed by atoms with Crippen molar-refractivity contribution in [3.05, 3.63) is 65.7 Å². The number of nitrogens with one attached hydrogen (secondary N) is 1. The molecule has 1 N–H and O–H groups in total. The van der Waals surface area contributed by atoms with Crippen LogP contribution < -0.4 is 10.4 Å². The molecule has 0 saturated carbocycles. The van der Waals surface area contributed by atoms with Gasteiger partial charge in [-0.1, -0.05) is 48.0 Å². The van der Waals surface area contributed by atoms with Gasteiger partial charge in [0.1, 0.15) is 0 Å². The average molecular weight is 310 g/mol. The van der Waals surface area contributed by atoms with E-state index >= 15 is 0 Å². The number of hydrogen-bond acceptors (Lipinski definition) is 3. The fourth-order valence-electron chi connectivity index (χ4n) is 2.68. The fraction of sp³-hybridized carbons (Fsp3) is 0.316. The highest BCUT2D eigenvalue weighted by Crippen LogP contribution is 2.35. The van der Waals surface area contributed by atoms with Crippen LogP contribution in [0.4, 0.5) is 5.69 Å². The number of ether oxygens (including phenoxy) is 1. The summed E-state index contributed by atoms with van der Waals surface area (Å²) in [6.45, 7) is 6.32. The molecule has 4 nitrogen and oxygen atoms in total. The number of benzene rings is 2. The van der Waals surface area contributed by atoms with Crippen molar-refractivity contribution >= 4 is 11.6 Å². The number of aryl methyl sites for hydroxylation is 1. The second-order valence-electron chi connectivity index (χ2n) is 6.52. The van der Waals surface area contributed by atoms with E-state index < -0.39 is 5.41 Å². The smallest absolute Gasteiger partial charge is 0.248 e. The zero-order valence-corrected chi connectivity index (χ0v) is 13.7. The Morgan fingerprint density at radius 3 is 2.39 bits per heavy atom. The van der Waals surface area contributed by atoms with Crippen molar-refractivity contribution in [2.24, 2.45) is 5.41 Å². The van der Waals surface area contributed by atoms with E-state index in [1.807, 2.05) is 80.4 Å². The van der Waals surface area contributed by atoms with Crippen molar-refractivity contribution in [1.29, 1.82) is 0 Å². The second-order valence-corrected chi connectivity index (χ2v) is 6.52. The Kier molecular flexibility index (Phi) is 4.09.